The van der Waals surface area contributed by atoms with Crippen LogP contribution in [0.3, 0.4) is 0 Å². The highest BCUT2D eigenvalue weighted by Crippen LogP contribution is 2.26. The lowest BCUT2D eigenvalue weighted by molar-refractivity contribution is 0.168. The summed E-state index contributed by atoms with van der Waals surface area (Å²) in [6.45, 7) is 5.03. The Morgan fingerprint density at radius 1 is 1.30 bits per heavy atom. The summed E-state index contributed by atoms with van der Waals surface area (Å²) in [6.07, 6.45) is 2.86. The molecule has 2 heterocycles. The molecule has 0 aliphatic heterocycles. The molecule has 7 heteroatoms. The van der Waals surface area contributed by atoms with Gasteiger partial charge >= 0.3 is 0 Å². The highest BCUT2D eigenvalue weighted by molar-refractivity contribution is 9.11. The summed E-state index contributed by atoms with van der Waals surface area (Å²) in [7, 11) is 0. The second-order valence-electron chi connectivity index (χ2n) is 4.99. The van der Waals surface area contributed by atoms with E-state index in [0.29, 0.717) is 18.0 Å². The van der Waals surface area contributed by atoms with Crippen LogP contribution in [0.2, 0.25) is 0 Å². The Kier molecular flexibility index (Phi) is 5.29. The average Bonchev–Trinajstić information content (AvgIpc) is 2.75. The fourth-order valence-corrected chi connectivity index (χ4v) is 3.14. The highest BCUT2D eigenvalue weighted by Gasteiger charge is 2.17. The van der Waals surface area contributed by atoms with Crippen molar-refractivity contribution >= 4 is 31.9 Å². The molecule has 0 fully saturated rings. The van der Waals surface area contributed by atoms with Gasteiger partial charge in [0.1, 0.15) is 18.3 Å². The second kappa shape index (κ2) is 6.78. The van der Waals surface area contributed by atoms with Crippen LogP contribution in [0.4, 0.5) is 0 Å². The molecule has 0 amide bonds. The first-order chi connectivity index (χ1) is 9.47. The SMILES string of the molecule is CC(C)Cn1ncnc1CC(O)c1ncc(Br)cc1Br. The van der Waals surface area contributed by atoms with E-state index in [-0.39, 0.29) is 0 Å². The molecule has 1 atom stereocenters. The van der Waals surface area contributed by atoms with E-state index in [1.807, 2.05) is 10.7 Å². The molecule has 108 valence electrons. The van der Waals surface area contributed by atoms with Crippen molar-refractivity contribution in [1.29, 1.82) is 0 Å². The maximum atomic E-state index is 10.3. The van der Waals surface area contributed by atoms with Crippen LogP contribution in [0.5, 0.6) is 0 Å². The molecule has 0 aromatic carbocycles. The number of hydrogen-bond acceptors (Lipinski definition) is 4. The van der Waals surface area contributed by atoms with Crippen molar-refractivity contribution in [3.63, 3.8) is 0 Å². The maximum Gasteiger partial charge on any atom is 0.138 e. The maximum absolute atomic E-state index is 10.3. The highest BCUT2D eigenvalue weighted by atomic mass is 79.9. The van der Waals surface area contributed by atoms with Crippen molar-refractivity contribution in [3.8, 4) is 0 Å². The summed E-state index contributed by atoms with van der Waals surface area (Å²) < 4.78 is 3.47. The van der Waals surface area contributed by atoms with E-state index in [9.17, 15) is 5.11 Å². The van der Waals surface area contributed by atoms with Gasteiger partial charge in [-0.25, -0.2) is 9.67 Å². The number of pyridine rings is 1. The van der Waals surface area contributed by atoms with Crippen LogP contribution in [0.25, 0.3) is 0 Å². The van der Waals surface area contributed by atoms with Crippen molar-refractivity contribution < 1.29 is 5.11 Å². The van der Waals surface area contributed by atoms with Crippen molar-refractivity contribution in [1.82, 2.24) is 19.7 Å². The number of nitrogens with zero attached hydrogens (tertiary/aromatic N) is 4. The summed E-state index contributed by atoms with van der Waals surface area (Å²) in [4.78, 5) is 8.47. The first kappa shape index (κ1) is 15.6. The molecule has 2 rings (SSSR count). The molecular weight excluding hydrogens is 388 g/mol. The van der Waals surface area contributed by atoms with Crippen molar-refractivity contribution in [2.75, 3.05) is 0 Å². The van der Waals surface area contributed by atoms with Gasteiger partial charge in [-0.05, 0) is 43.8 Å². The smallest absolute Gasteiger partial charge is 0.138 e. The minimum absolute atomic E-state index is 0.389. The lowest BCUT2D eigenvalue weighted by Crippen LogP contribution is -2.14. The van der Waals surface area contributed by atoms with Gasteiger partial charge in [-0.1, -0.05) is 13.8 Å². The zero-order valence-electron chi connectivity index (χ0n) is 11.3. The van der Waals surface area contributed by atoms with Crippen LogP contribution in [-0.2, 0) is 13.0 Å². The van der Waals surface area contributed by atoms with Crippen molar-refractivity contribution in [2.45, 2.75) is 32.9 Å². The predicted octanol–water partition coefficient (Wildman–Crippen LogP) is 3.13. The Bertz CT molecular complexity index is 586. The van der Waals surface area contributed by atoms with E-state index in [4.69, 9.17) is 0 Å². The number of rotatable bonds is 5. The Morgan fingerprint density at radius 3 is 2.70 bits per heavy atom. The topological polar surface area (TPSA) is 63.8 Å². The summed E-state index contributed by atoms with van der Waals surface area (Å²) in [5.74, 6) is 1.24. The zero-order valence-corrected chi connectivity index (χ0v) is 14.5. The van der Waals surface area contributed by atoms with Crippen molar-refractivity contribution in [2.24, 2.45) is 5.92 Å². The van der Waals surface area contributed by atoms with E-state index in [0.717, 1.165) is 21.3 Å². The second-order valence-corrected chi connectivity index (χ2v) is 6.76. The summed E-state index contributed by atoms with van der Waals surface area (Å²) in [5.41, 5.74) is 0.604. The fourth-order valence-electron chi connectivity index (χ4n) is 1.88. The Labute approximate surface area is 134 Å². The van der Waals surface area contributed by atoms with Gasteiger partial charge in [-0.15, -0.1) is 0 Å². The van der Waals surface area contributed by atoms with Crippen LogP contribution < -0.4 is 0 Å². The van der Waals surface area contributed by atoms with Crippen LogP contribution in [0.1, 0.15) is 31.5 Å². The van der Waals surface area contributed by atoms with Crippen LogP contribution in [-0.4, -0.2) is 24.9 Å². The molecule has 0 aliphatic rings. The monoisotopic (exact) mass is 402 g/mol. The van der Waals surface area contributed by atoms with E-state index in [2.05, 4.69) is 60.8 Å². The molecule has 1 unspecified atom stereocenters. The molecule has 5 nitrogen and oxygen atoms in total. The molecule has 0 spiro atoms. The molecular formula is C13H16Br2N4O. The molecule has 0 aliphatic carbocycles. The molecule has 2 aromatic rings. The minimum Gasteiger partial charge on any atom is -0.386 e. The fraction of sp³-hybridized carbons (Fsp3) is 0.462. The van der Waals surface area contributed by atoms with Gasteiger partial charge < -0.3 is 5.11 Å². The standard InChI is InChI=1S/C13H16Br2N4O/c1-8(2)6-19-12(17-7-18-19)4-11(20)13-10(15)3-9(14)5-16-13/h3,5,7-8,11,20H,4,6H2,1-2H3. The third kappa shape index (κ3) is 3.86. The van der Waals surface area contributed by atoms with Gasteiger partial charge in [0.15, 0.2) is 0 Å². The van der Waals surface area contributed by atoms with Gasteiger partial charge in [0, 0.05) is 28.1 Å². The third-order valence-electron chi connectivity index (χ3n) is 2.76. The van der Waals surface area contributed by atoms with Crippen LogP contribution in [0, 0.1) is 5.92 Å². The molecule has 0 saturated carbocycles. The van der Waals surface area contributed by atoms with E-state index < -0.39 is 6.10 Å². The number of halogens is 2. The summed E-state index contributed by atoms with van der Waals surface area (Å²) >= 11 is 6.76. The lowest BCUT2D eigenvalue weighted by Gasteiger charge is -2.13. The summed E-state index contributed by atoms with van der Waals surface area (Å²) in [5, 5.41) is 14.5. The van der Waals surface area contributed by atoms with Gasteiger partial charge in [0.2, 0.25) is 0 Å². The minimum atomic E-state index is -0.715. The first-order valence-corrected chi connectivity index (χ1v) is 7.91. The van der Waals surface area contributed by atoms with Gasteiger partial charge in [-0.2, -0.15) is 5.10 Å². The number of aromatic nitrogens is 4. The van der Waals surface area contributed by atoms with Gasteiger partial charge in [0.25, 0.3) is 0 Å². The molecule has 1 N–H and O–H groups in total. The largest absolute Gasteiger partial charge is 0.386 e. The van der Waals surface area contributed by atoms with Gasteiger partial charge in [0.05, 0.1) is 5.69 Å². The van der Waals surface area contributed by atoms with Gasteiger partial charge in [-0.3, -0.25) is 4.98 Å². The Hall–Kier alpha value is -0.790. The quantitative estimate of drug-likeness (QED) is 0.832. The Balaban J connectivity index is 2.15. The number of aliphatic hydroxyl groups is 1. The molecule has 20 heavy (non-hydrogen) atoms. The normalized spacial score (nSPS) is 12.9. The molecule has 2 aromatic heterocycles. The molecule has 0 radical (unpaired) electrons. The first-order valence-electron chi connectivity index (χ1n) is 6.33. The average molecular weight is 404 g/mol. The number of aliphatic hydroxyl groups excluding tert-OH is 1. The summed E-state index contributed by atoms with van der Waals surface area (Å²) in [6, 6.07) is 1.87. The predicted molar refractivity (Wildman–Crippen MR) is 83.2 cm³/mol. The molecule has 0 bridgehead atoms. The van der Waals surface area contributed by atoms with Crippen LogP contribution >= 0.6 is 31.9 Å². The third-order valence-corrected chi connectivity index (χ3v) is 3.83. The lowest BCUT2D eigenvalue weighted by atomic mass is 10.1. The molecule has 0 saturated heterocycles. The Morgan fingerprint density at radius 2 is 2.05 bits per heavy atom. The zero-order chi connectivity index (χ0) is 14.7. The van der Waals surface area contributed by atoms with E-state index in [1.165, 1.54) is 6.33 Å². The van der Waals surface area contributed by atoms with Crippen LogP contribution in [0.15, 0.2) is 27.5 Å². The number of hydrogen-bond donors (Lipinski definition) is 1. The van der Waals surface area contributed by atoms with E-state index >= 15 is 0 Å². The van der Waals surface area contributed by atoms with Crippen molar-refractivity contribution in [3.05, 3.63) is 39.1 Å². The van der Waals surface area contributed by atoms with E-state index in [1.54, 1.807) is 6.20 Å².